The van der Waals surface area contributed by atoms with Crippen molar-refractivity contribution in [2.24, 2.45) is 0 Å². The number of halogens is 1. The Bertz CT molecular complexity index is 1210. The minimum atomic E-state index is 0.770. The first-order chi connectivity index (χ1) is 14.6. The summed E-state index contributed by atoms with van der Waals surface area (Å²) in [5.74, 6) is 0.947. The summed E-state index contributed by atoms with van der Waals surface area (Å²) in [5.41, 5.74) is 5.43. The van der Waals surface area contributed by atoms with Gasteiger partial charge in [0.2, 0.25) is 0 Å². The summed E-state index contributed by atoms with van der Waals surface area (Å²) < 4.78 is 1.92. The molecule has 6 nitrogen and oxygen atoms in total. The fourth-order valence-electron chi connectivity index (χ4n) is 4.06. The number of rotatable bonds is 3. The van der Waals surface area contributed by atoms with E-state index in [1.807, 2.05) is 29.1 Å². The van der Waals surface area contributed by atoms with Crippen LogP contribution in [0.2, 0.25) is 5.02 Å². The second-order valence-corrected chi connectivity index (χ2v) is 8.17. The zero-order chi connectivity index (χ0) is 20.7. The van der Waals surface area contributed by atoms with Crippen LogP contribution in [0, 0.1) is 13.8 Å². The molecular weight excluding hydrogens is 396 g/mol. The normalized spacial score (nSPS) is 14.5. The zero-order valence-electron chi connectivity index (χ0n) is 17.1. The number of aryl methyl sites for hydroxylation is 2. The highest BCUT2D eigenvalue weighted by Gasteiger charge is 2.22. The van der Waals surface area contributed by atoms with Crippen LogP contribution >= 0.6 is 11.6 Å². The van der Waals surface area contributed by atoms with E-state index in [0.29, 0.717) is 0 Å². The van der Waals surface area contributed by atoms with E-state index in [1.54, 1.807) is 6.33 Å². The summed E-state index contributed by atoms with van der Waals surface area (Å²) in [4.78, 5) is 13.8. The lowest BCUT2D eigenvalue weighted by molar-refractivity contribution is 0.649. The Morgan fingerprint density at radius 1 is 0.900 bits per heavy atom. The predicted molar refractivity (Wildman–Crippen MR) is 122 cm³/mol. The van der Waals surface area contributed by atoms with E-state index in [1.165, 1.54) is 11.1 Å². The van der Waals surface area contributed by atoms with Gasteiger partial charge in [0.05, 0.1) is 17.3 Å². The standard InChI is InChI=1S/C23H23ClN6/c1-16-6-7-17(2)21(12-16)30-23-20(14-27-30)22(25-15-26-23)29-10-8-28(9-11-29)19-5-3-4-18(24)13-19/h3-7,12-15H,8-11H2,1-2H3. The first kappa shape index (κ1) is 18.9. The summed E-state index contributed by atoms with van der Waals surface area (Å²) >= 11 is 6.16. The molecule has 0 amide bonds. The molecule has 3 heterocycles. The molecule has 0 N–H and O–H groups in total. The second kappa shape index (κ2) is 7.61. The fraction of sp³-hybridized carbons (Fsp3) is 0.261. The van der Waals surface area contributed by atoms with Crippen LogP contribution < -0.4 is 9.80 Å². The molecule has 0 radical (unpaired) electrons. The molecule has 0 bridgehead atoms. The zero-order valence-corrected chi connectivity index (χ0v) is 17.8. The summed E-state index contributed by atoms with van der Waals surface area (Å²) in [6.07, 6.45) is 3.53. The van der Waals surface area contributed by atoms with E-state index in [4.69, 9.17) is 11.6 Å². The van der Waals surface area contributed by atoms with Crippen molar-refractivity contribution < 1.29 is 0 Å². The van der Waals surface area contributed by atoms with Crippen LogP contribution in [-0.2, 0) is 0 Å². The van der Waals surface area contributed by atoms with Gasteiger partial charge >= 0.3 is 0 Å². The van der Waals surface area contributed by atoms with E-state index in [9.17, 15) is 0 Å². The van der Waals surface area contributed by atoms with Gasteiger partial charge in [-0.15, -0.1) is 0 Å². The summed E-state index contributed by atoms with van der Waals surface area (Å²) in [5, 5.41) is 6.41. The summed E-state index contributed by atoms with van der Waals surface area (Å²) in [6, 6.07) is 14.4. The molecular formula is C23H23ClN6. The molecule has 2 aromatic heterocycles. The van der Waals surface area contributed by atoms with Crippen molar-refractivity contribution in [3.8, 4) is 5.69 Å². The molecule has 0 aliphatic carbocycles. The van der Waals surface area contributed by atoms with Gasteiger partial charge in [0.15, 0.2) is 5.65 Å². The molecule has 1 saturated heterocycles. The number of piperazine rings is 1. The van der Waals surface area contributed by atoms with Crippen molar-refractivity contribution in [3.05, 3.63) is 71.1 Å². The molecule has 152 valence electrons. The molecule has 0 spiro atoms. The van der Waals surface area contributed by atoms with Crippen molar-refractivity contribution in [1.29, 1.82) is 0 Å². The smallest absolute Gasteiger partial charge is 0.168 e. The number of hydrogen-bond acceptors (Lipinski definition) is 5. The maximum absolute atomic E-state index is 6.16. The lowest BCUT2D eigenvalue weighted by Crippen LogP contribution is -2.46. The van der Waals surface area contributed by atoms with Gasteiger partial charge in [0.25, 0.3) is 0 Å². The van der Waals surface area contributed by atoms with Crippen molar-refractivity contribution in [3.63, 3.8) is 0 Å². The van der Waals surface area contributed by atoms with Crippen molar-refractivity contribution in [2.45, 2.75) is 13.8 Å². The van der Waals surface area contributed by atoms with Gasteiger partial charge in [-0.05, 0) is 49.2 Å². The third-order valence-corrected chi connectivity index (χ3v) is 5.93. The fourth-order valence-corrected chi connectivity index (χ4v) is 4.24. The highest BCUT2D eigenvalue weighted by Crippen LogP contribution is 2.28. The topological polar surface area (TPSA) is 50.1 Å². The molecule has 1 aliphatic rings. The van der Waals surface area contributed by atoms with Crippen LogP contribution in [0.25, 0.3) is 16.7 Å². The predicted octanol–water partition coefficient (Wildman–Crippen LogP) is 4.41. The number of benzene rings is 2. The van der Waals surface area contributed by atoms with Crippen LogP contribution in [0.15, 0.2) is 55.0 Å². The number of fused-ring (bicyclic) bond motifs is 1. The van der Waals surface area contributed by atoms with Gasteiger partial charge in [-0.1, -0.05) is 29.8 Å². The molecule has 0 saturated carbocycles. The van der Waals surface area contributed by atoms with E-state index in [-0.39, 0.29) is 0 Å². The first-order valence-electron chi connectivity index (χ1n) is 10.1. The molecule has 5 rings (SSSR count). The molecule has 0 atom stereocenters. The maximum atomic E-state index is 6.16. The SMILES string of the molecule is Cc1ccc(C)c(-n2ncc3c(N4CCN(c5cccc(Cl)c5)CC4)ncnc32)c1. The largest absolute Gasteiger partial charge is 0.368 e. The van der Waals surface area contributed by atoms with Crippen LogP contribution in [0.1, 0.15) is 11.1 Å². The van der Waals surface area contributed by atoms with E-state index in [0.717, 1.165) is 59.4 Å². The molecule has 1 aliphatic heterocycles. The number of nitrogens with zero attached hydrogens (tertiary/aromatic N) is 6. The summed E-state index contributed by atoms with van der Waals surface area (Å²) in [7, 11) is 0. The Kier molecular flexibility index (Phi) is 4.79. The number of anilines is 2. The van der Waals surface area contributed by atoms with Gasteiger partial charge in [-0.25, -0.2) is 14.6 Å². The number of hydrogen-bond donors (Lipinski definition) is 0. The maximum Gasteiger partial charge on any atom is 0.168 e. The summed E-state index contributed by atoms with van der Waals surface area (Å²) in [6.45, 7) is 7.78. The van der Waals surface area contributed by atoms with E-state index < -0.39 is 0 Å². The Labute approximate surface area is 180 Å². The van der Waals surface area contributed by atoms with E-state index >= 15 is 0 Å². The van der Waals surface area contributed by atoms with Crippen molar-refractivity contribution in [2.75, 3.05) is 36.0 Å². The Hall–Kier alpha value is -3.12. The highest BCUT2D eigenvalue weighted by molar-refractivity contribution is 6.30. The molecule has 4 aromatic rings. The third-order valence-electron chi connectivity index (χ3n) is 5.69. The first-order valence-corrected chi connectivity index (χ1v) is 10.5. The molecule has 30 heavy (non-hydrogen) atoms. The third kappa shape index (κ3) is 3.37. The minimum absolute atomic E-state index is 0.770. The van der Waals surface area contributed by atoms with Gasteiger partial charge < -0.3 is 9.80 Å². The van der Waals surface area contributed by atoms with Gasteiger partial charge in [0.1, 0.15) is 12.1 Å². The van der Waals surface area contributed by atoms with Crippen molar-refractivity contribution in [1.82, 2.24) is 19.7 Å². The van der Waals surface area contributed by atoms with Crippen LogP contribution in [-0.4, -0.2) is 45.9 Å². The minimum Gasteiger partial charge on any atom is -0.368 e. The quantitative estimate of drug-likeness (QED) is 0.493. The Morgan fingerprint density at radius 2 is 1.70 bits per heavy atom. The lowest BCUT2D eigenvalue weighted by atomic mass is 10.1. The van der Waals surface area contributed by atoms with E-state index in [2.05, 4.69) is 63.0 Å². The van der Waals surface area contributed by atoms with Crippen LogP contribution in [0.4, 0.5) is 11.5 Å². The number of aromatic nitrogens is 4. The molecule has 1 fully saturated rings. The van der Waals surface area contributed by atoms with Crippen LogP contribution in [0.3, 0.4) is 0 Å². The average molecular weight is 419 g/mol. The second-order valence-electron chi connectivity index (χ2n) is 7.73. The lowest BCUT2D eigenvalue weighted by Gasteiger charge is -2.36. The van der Waals surface area contributed by atoms with Crippen LogP contribution in [0.5, 0.6) is 0 Å². The molecule has 2 aromatic carbocycles. The Morgan fingerprint density at radius 3 is 2.50 bits per heavy atom. The molecule has 0 unspecified atom stereocenters. The van der Waals surface area contributed by atoms with Gasteiger partial charge in [-0.2, -0.15) is 5.10 Å². The van der Waals surface area contributed by atoms with Gasteiger partial charge in [-0.3, -0.25) is 0 Å². The highest BCUT2D eigenvalue weighted by atomic mass is 35.5. The molecule has 7 heteroatoms. The van der Waals surface area contributed by atoms with Gasteiger partial charge in [0, 0.05) is 36.9 Å². The Balaban J connectivity index is 1.44. The van der Waals surface area contributed by atoms with Crippen molar-refractivity contribution >= 4 is 34.1 Å². The average Bonchev–Trinajstić information content (AvgIpc) is 3.20. The monoisotopic (exact) mass is 418 g/mol.